The van der Waals surface area contributed by atoms with E-state index in [9.17, 15) is 0 Å². The molecule has 1 aliphatic rings. The molecule has 1 nitrogen and oxygen atoms in total. The third-order valence-electron chi connectivity index (χ3n) is 12.7. The zero-order valence-electron chi connectivity index (χ0n) is 34.7. The van der Waals surface area contributed by atoms with Crippen molar-refractivity contribution in [2.75, 3.05) is 4.90 Å². The van der Waals surface area contributed by atoms with E-state index >= 15 is 0 Å². The number of rotatable bonds is 12. The molecule has 0 N–H and O–H groups in total. The monoisotopic (exact) mass is 793 g/mol. The Balaban J connectivity index is 1.22. The van der Waals surface area contributed by atoms with Gasteiger partial charge in [0.2, 0.25) is 0 Å². The van der Waals surface area contributed by atoms with E-state index in [2.05, 4.69) is 255 Å². The van der Waals surface area contributed by atoms with Crippen molar-refractivity contribution in [1.29, 1.82) is 0 Å². The summed E-state index contributed by atoms with van der Waals surface area (Å²) < 4.78 is 0. The van der Waals surface area contributed by atoms with Crippen LogP contribution in [0.15, 0.2) is 256 Å². The number of fused-ring (bicyclic) bond motifs is 3. The Morgan fingerprint density at radius 2 is 0.823 bits per heavy atom. The van der Waals surface area contributed by atoms with Crippen LogP contribution < -0.4 is 4.90 Å². The molecule has 9 aromatic carbocycles. The van der Waals surface area contributed by atoms with Crippen molar-refractivity contribution in [2.45, 2.75) is 11.8 Å². The standard InChI is InChI=1S/C61H47N/c1-3-21-48(4-2)61(49-28-15-8-16-29-49)59-33-20-19-32-56(59)57-41-39-52(43-60(57)61)62(50-36-34-45(35-37-50)44-22-9-5-10-23-44)51-38-40-55(58(42-51)47-26-13-7-14-27-47)54-31-18-17-30-53(54)46-24-11-6-12-25-46/h3-20,22-43,48H,1-2,21H2. The first-order valence-corrected chi connectivity index (χ1v) is 21.5. The number of anilines is 3. The fraction of sp³-hybridized carbons (Fsp3) is 0.0492. The minimum atomic E-state index is -0.484. The van der Waals surface area contributed by atoms with Gasteiger partial charge in [-0.2, -0.15) is 0 Å². The Bertz CT molecular complexity index is 3000. The molecule has 10 rings (SSSR count). The molecule has 1 heteroatoms. The van der Waals surface area contributed by atoms with Gasteiger partial charge >= 0.3 is 0 Å². The van der Waals surface area contributed by atoms with Crippen LogP contribution in [0.1, 0.15) is 23.1 Å². The van der Waals surface area contributed by atoms with Crippen molar-refractivity contribution < 1.29 is 0 Å². The Labute approximate surface area is 366 Å². The Morgan fingerprint density at radius 1 is 0.371 bits per heavy atom. The van der Waals surface area contributed by atoms with Gasteiger partial charge in [0.1, 0.15) is 0 Å². The first-order valence-electron chi connectivity index (χ1n) is 21.5. The van der Waals surface area contributed by atoms with Crippen molar-refractivity contribution in [3.05, 3.63) is 273 Å². The van der Waals surface area contributed by atoms with Crippen LogP contribution in [0.5, 0.6) is 0 Å². The maximum atomic E-state index is 4.47. The Kier molecular flexibility index (Phi) is 10.4. The second-order valence-electron chi connectivity index (χ2n) is 16.1. The summed E-state index contributed by atoms with van der Waals surface area (Å²) >= 11 is 0. The molecule has 62 heavy (non-hydrogen) atoms. The summed E-state index contributed by atoms with van der Waals surface area (Å²) in [6.45, 7) is 8.70. The van der Waals surface area contributed by atoms with E-state index in [1.54, 1.807) is 0 Å². The van der Waals surface area contributed by atoms with Crippen LogP contribution in [0, 0.1) is 5.92 Å². The Morgan fingerprint density at radius 3 is 1.45 bits per heavy atom. The summed E-state index contributed by atoms with van der Waals surface area (Å²) in [5, 5.41) is 0. The Hall–Kier alpha value is -7.74. The van der Waals surface area contributed by atoms with Crippen molar-refractivity contribution in [1.82, 2.24) is 0 Å². The SMILES string of the molecule is C=CCC(C=C)C1(c2ccccc2)c2ccccc2-c2ccc(N(c3ccc(-c4ccccc4)cc3)c3ccc(-c4ccccc4-c4ccccc4)c(-c4ccccc4)c3)cc21. The van der Waals surface area contributed by atoms with E-state index in [0.717, 1.165) is 29.0 Å². The quantitative estimate of drug-likeness (QED) is 0.111. The van der Waals surface area contributed by atoms with E-state index in [4.69, 9.17) is 0 Å². The zero-order valence-corrected chi connectivity index (χ0v) is 34.7. The second-order valence-corrected chi connectivity index (χ2v) is 16.1. The first-order chi connectivity index (χ1) is 30.7. The van der Waals surface area contributed by atoms with Crippen molar-refractivity contribution in [3.8, 4) is 55.6 Å². The highest BCUT2D eigenvalue weighted by molar-refractivity contribution is 5.95. The fourth-order valence-corrected chi connectivity index (χ4v) is 9.93. The maximum Gasteiger partial charge on any atom is 0.0529 e. The summed E-state index contributed by atoms with van der Waals surface area (Å²) in [6.07, 6.45) is 4.98. The van der Waals surface area contributed by atoms with Crippen LogP contribution in [-0.2, 0) is 5.41 Å². The molecule has 0 saturated carbocycles. The van der Waals surface area contributed by atoms with Gasteiger partial charge in [-0.1, -0.05) is 206 Å². The summed E-state index contributed by atoms with van der Waals surface area (Å²) in [5.41, 5.74) is 18.6. The molecule has 2 atom stereocenters. The minimum Gasteiger partial charge on any atom is -0.310 e. The molecule has 0 heterocycles. The van der Waals surface area contributed by atoms with Gasteiger partial charge in [0, 0.05) is 17.1 Å². The van der Waals surface area contributed by atoms with E-state index in [0.29, 0.717) is 0 Å². The van der Waals surface area contributed by atoms with Crippen LogP contribution in [-0.4, -0.2) is 0 Å². The number of nitrogens with zero attached hydrogens (tertiary/aromatic N) is 1. The largest absolute Gasteiger partial charge is 0.310 e. The van der Waals surface area contributed by atoms with Gasteiger partial charge in [-0.25, -0.2) is 0 Å². The third-order valence-corrected chi connectivity index (χ3v) is 12.7. The van der Waals surface area contributed by atoms with Gasteiger partial charge < -0.3 is 4.90 Å². The maximum absolute atomic E-state index is 4.47. The topological polar surface area (TPSA) is 3.24 Å². The molecule has 296 valence electrons. The minimum absolute atomic E-state index is 0.0623. The van der Waals surface area contributed by atoms with Gasteiger partial charge in [-0.15, -0.1) is 13.2 Å². The molecule has 0 aliphatic heterocycles. The lowest BCUT2D eigenvalue weighted by Gasteiger charge is -2.39. The van der Waals surface area contributed by atoms with Crippen molar-refractivity contribution >= 4 is 17.1 Å². The molecule has 0 spiro atoms. The smallest absolute Gasteiger partial charge is 0.0529 e. The molecule has 0 fully saturated rings. The predicted molar refractivity (Wildman–Crippen MR) is 263 cm³/mol. The van der Waals surface area contributed by atoms with Crippen LogP contribution >= 0.6 is 0 Å². The molecule has 0 aromatic heterocycles. The highest BCUT2D eigenvalue weighted by atomic mass is 15.1. The fourth-order valence-electron chi connectivity index (χ4n) is 9.93. The zero-order chi connectivity index (χ0) is 41.9. The molecule has 2 unspecified atom stereocenters. The van der Waals surface area contributed by atoms with Crippen LogP contribution in [0.2, 0.25) is 0 Å². The molecule has 9 aromatic rings. The average Bonchev–Trinajstić information content (AvgIpc) is 3.65. The second kappa shape index (κ2) is 16.7. The van der Waals surface area contributed by atoms with Crippen LogP contribution in [0.4, 0.5) is 17.1 Å². The number of hydrogen-bond acceptors (Lipinski definition) is 1. The summed E-state index contributed by atoms with van der Waals surface area (Å²) in [5.74, 6) is 0.0623. The van der Waals surface area contributed by atoms with Gasteiger partial charge in [0.05, 0.1) is 5.41 Å². The van der Waals surface area contributed by atoms with Crippen LogP contribution in [0.3, 0.4) is 0 Å². The lowest BCUT2D eigenvalue weighted by molar-refractivity contribution is 0.461. The molecule has 0 saturated heterocycles. The molecule has 1 aliphatic carbocycles. The van der Waals surface area contributed by atoms with Crippen LogP contribution in [0.25, 0.3) is 55.6 Å². The predicted octanol–water partition coefficient (Wildman–Crippen LogP) is 16.5. The van der Waals surface area contributed by atoms with E-state index < -0.39 is 5.41 Å². The average molecular weight is 794 g/mol. The van der Waals surface area contributed by atoms with Gasteiger partial charge in [-0.05, 0) is 121 Å². The van der Waals surface area contributed by atoms with Crippen molar-refractivity contribution in [2.24, 2.45) is 5.92 Å². The molecular formula is C61H47N. The number of hydrogen-bond donors (Lipinski definition) is 0. The summed E-state index contributed by atoms with van der Waals surface area (Å²) in [4.78, 5) is 2.43. The van der Waals surface area contributed by atoms with Gasteiger partial charge in [-0.3, -0.25) is 0 Å². The lowest BCUT2D eigenvalue weighted by atomic mass is 9.63. The lowest BCUT2D eigenvalue weighted by Crippen LogP contribution is -2.35. The van der Waals surface area contributed by atoms with Gasteiger partial charge in [0.15, 0.2) is 0 Å². The highest BCUT2D eigenvalue weighted by Crippen LogP contribution is 2.58. The normalized spacial score (nSPS) is 14.3. The number of benzene rings is 9. The summed E-state index contributed by atoms with van der Waals surface area (Å²) in [6, 6.07) is 84.0. The highest BCUT2D eigenvalue weighted by Gasteiger charge is 2.48. The summed E-state index contributed by atoms with van der Waals surface area (Å²) in [7, 11) is 0. The number of allylic oxidation sites excluding steroid dienone is 2. The molecule has 0 radical (unpaired) electrons. The van der Waals surface area contributed by atoms with E-state index in [-0.39, 0.29) is 5.92 Å². The van der Waals surface area contributed by atoms with E-state index in [1.807, 2.05) is 6.08 Å². The third kappa shape index (κ3) is 6.69. The first kappa shape index (κ1) is 38.5. The molecule has 0 amide bonds. The molecular weight excluding hydrogens is 747 g/mol. The van der Waals surface area contributed by atoms with E-state index in [1.165, 1.54) is 66.8 Å². The molecule has 0 bridgehead atoms. The van der Waals surface area contributed by atoms with Crippen molar-refractivity contribution in [3.63, 3.8) is 0 Å². The van der Waals surface area contributed by atoms with Gasteiger partial charge in [0.25, 0.3) is 0 Å².